The fourth-order valence-electron chi connectivity index (χ4n) is 0.623. The fraction of sp³-hybridized carbons (Fsp3) is 0. The summed E-state index contributed by atoms with van der Waals surface area (Å²) in [6, 6.07) is 4.29. The largest absolute Gasteiger partial charge is 0.105 e. The first-order valence-corrected chi connectivity index (χ1v) is 5.52. The first-order chi connectivity index (χ1) is 4.61. The lowest BCUT2D eigenvalue weighted by Crippen LogP contribution is -2.17. The third-order valence-electron chi connectivity index (χ3n) is 1.20. The van der Waals surface area contributed by atoms with Crippen molar-refractivity contribution in [3.8, 4) is 0 Å². The predicted molar refractivity (Wildman–Crippen MR) is 67.2 cm³/mol. The molecule has 0 aliphatic heterocycles. The maximum Gasteiger partial charge on any atom is 0.0208 e. The van der Waals surface area contributed by atoms with Crippen molar-refractivity contribution >= 4 is 66.2 Å². The molecular weight excluding hydrogens is 292 g/mol. The van der Waals surface area contributed by atoms with Crippen molar-refractivity contribution in [2.24, 2.45) is 0 Å². The van der Waals surface area contributed by atoms with Crippen LogP contribution in [0.15, 0.2) is 12.1 Å². The first kappa shape index (κ1) is 9.33. The first-order valence-electron chi connectivity index (χ1n) is 2.71. The van der Waals surface area contributed by atoms with E-state index in [9.17, 15) is 0 Å². The second-order valence-electron chi connectivity index (χ2n) is 2.00. The molecule has 54 valence electrons. The molecule has 0 fully saturated rings. The molecule has 0 radical (unpaired) electrons. The topological polar surface area (TPSA) is 0 Å². The van der Waals surface area contributed by atoms with E-state index in [1.807, 2.05) is 0 Å². The van der Waals surface area contributed by atoms with Gasteiger partial charge in [-0.05, 0) is 50.6 Å². The second-order valence-corrected chi connectivity index (χ2v) is 5.03. The van der Waals surface area contributed by atoms with E-state index in [0.717, 1.165) is 0 Å². The Labute approximate surface area is 81.7 Å². The van der Waals surface area contributed by atoms with Crippen LogP contribution < -0.4 is 15.9 Å². The van der Waals surface area contributed by atoms with Gasteiger partial charge in [-0.15, -0.1) is 27.7 Å². The Morgan fingerprint density at radius 1 is 0.900 bits per heavy atom. The number of rotatable bonds is 0. The molecule has 0 spiro atoms. The Morgan fingerprint density at radius 2 is 1.40 bits per heavy atom. The predicted octanol–water partition coefficient (Wildman–Crippen LogP) is 0.792. The fourth-order valence-corrected chi connectivity index (χ4v) is 2.42. The van der Waals surface area contributed by atoms with E-state index in [-0.39, 0.29) is 0 Å². The highest BCUT2D eigenvalue weighted by Crippen LogP contribution is 2.04. The van der Waals surface area contributed by atoms with Gasteiger partial charge in [0.25, 0.3) is 0 Å². The molecule has 1 aromatic rings. The molecule has 1 aromatic carbocycles. The summed E-state index contributed by atoms with van der Waals surface area (Å²) >= 11 is 2.32. The van der Waals surface area contributed by atoms with E-state index in [1.165, 1.54) is 19.5 Å². The van der Waals surface area contributed by atoms with E-state index < -0.39 is 0 Å². The minimum Gasteiger partial charge on any atom is -0.105 e. The third kappa shape index (κ3) is 2.11. The van der Waals surface area contributed by atoms with Crippen LogP contribution in [0, 0.1) is 3.57 Å². The monoisotopic (exact) mass is 300 g/mol. The summed E-state index contributed by atoms with van der Waals surface area (Å²) in [6.07, 6.45) is 0. The molecule has 0 N–H and O–H groups in total. The Morgan fingerprint density at radius 3 is 1.90 bits per heavy atom. The minimum absolute atomic E-state index is 1.25. The molecule has 1 rings (SSSR count). The van der Waals surface area contributed by atoms with Gasteiger partial charge in [-0.25, -0.2) is 0 Å². The number of halogens is 1. The lowest BCUT2D eigenvalue weighted by Gasteiger charge is -2.02. The van der Waals surface area contributed by atoms with Gasteiger partial charge in [0.2, 0.25) is 0 Å². The van der Waals surface area contributed by atoms with Crippen molar-refractivity contribution in [2.45, 2.75) is 0 Å². The summed E-state index contributed by atoms with van der Waals surface area (Å²) in [7, 11) is 8.13. The molecule has 0 saturated heterocycles. The molecular formula is C6H8IP3. The zero-order valence-corrected chi connectivity index (χ0v) is 10.9. The van der Waals surface area contributed by atoms with Crippen LogP contribution in [-0.4, -0.2) is 0 Å². The molecule has 3 atom stereocenters. The van der Waals surface area contributed by atoms with Crippen LogP contribution >= 0.6 is 50.3 Å². The quantitative estimate of drug-likeness (QED) is 0.491. The van der Waals surface area contributed by atoms with Crippen molar-refractivity contribution in [2.75, 3.05) is 0 Å². The molecule has 3 unspecified atom stereocenters. The van der Waals surface area contributed by atoms with Crippen LogP contribution in [0.3, 0.4) is 0 Å². The molecule has 10 heavy (non-hydrogen) atoms. The maximum atomic E-state index is 2.71. The molecule has 0 nitrogen and oxygen atoms in total. The van der Waals surface area contributed by atoms with Gasteiger partial charge in [0.15, 0.2) is 0 Å². The third-order valence-corrected chi connectivity index (χ3v) is 4.54. The van der Waals surface area contributed by atoms with Crippen molar-refractivity contribution in [1.29, 1.82) is 0 Å². The lowest BCUT2D eigenvalue weighted by molar-refractivity contribution is 1.83. The smallest absolute Gasteiger partial charge is 0.0208 e. The van der Waals surface area contributed by atoms with Crippen molar-refractivity contribution in [1.82, 2.24) is 0 Å². The molecule has 0 aliphatic rings. The molecule has 0 aliphatic carbocycles. The van der Waals surface area contributed by atoms with Crippen molar-refractivity contribution in [3.05, 3.63) is 15.7 Å². The van der Waals surface area contributed by atoms with Crippen LogP contribution in [0.5, 0.6) is 0 Å². The highest BCUT2D eigenvalue weighted by Gasteiger charge is 1.97. The van der Waals surface area contributed by atoms with Gasteiger partial charge in [0, 0.05) is 3.57 Å². The Balaban J connectivity index is 3.28. The zero-order chi connectivity index (χ0) is 7.72. The summed E-state index contributed by atoms with van der Waals surface area (Å²) in [6.45, 7) is 0. The Kier molecular flexibility index (Phi) is 3.51. The van der Waals surface area contributed by atoms with Crippen molar-refractivity contribution in [3.63, 3.8) is 0 Å². The maximum absolute atomic E-state index is 2.71. The van der Waals surface area contributed by atoms with E-state index >= 15 is 0 Å². The molecule has 0 bridgehead atoms. The van der Waals surface area contributed by atoms with Gasteiger partial charge in [-0.1, -0.05) is 0 Å². The number of hydrogen-bond donors (Lipinski definition) is 0. The van der Waals surface area contributed by atoms with E-state index in [1.54, 1.807) is 0 Å². The van der Waals surface area contributed by atoms with Crippen molar-refractivity contribution < 1.29 is 0 Å². The van der Waals surface area contributed by atoms with Crippen LogP contribution in [0.25, 0.3) is 0 Å². The van der Waals surface area contributed by atoms with E-state index in [0.29, 0.717) is 0 Å². The van der Waals surface area contributed by atoms with Crippen LogP contribution in [0.4, 0.5) is 0 Å². The highest BCUT2D eigenvalue weighted by atomic mass is 127. The summed E-state index contributed by atoms with van der Waals surface area (Å²) in [5.74, 6) is 0. The average Bonchev–Trinajstić information content (AvgIpc) is 1.84. The van der Waals surface area contributed by atoms with Crippen LogP contribution in [0.2, 0.25) is 0 Å². The van der Waals surface area contributed by atoms with Gasteiger partial charge >= 0.3 is 0 Å². The molecule has 0 aromatic heterocycles. The minimum atomic E-state index is 1.25. The van der Waals surface area contributed by atoms with Gasteiger partial charge in [-0.3, -0.25) is 0 Å². The number of benzene rings is 1. The van der Waals surface area contributed by atoms with Gasteiger partial charge in [0.1, 0.15) is 0 Å². The zero-order valence-electron chi connectivity index (χ0n) is 5.26. The summed E-state index contributed by atoms with van der Waals surface area (Å²) in [5.41, 5.74) is 0. The average molecular weight is 300 g/mol. The Hall–Kier alpha value is 1.24. The van der Waals surface area contributed by atoms with E-state index in [2.05, 4.69) is 62.4 Å². The Bertz CT molecular complexity index is 209. The van der Waals surface area contributed by atoms with Gasteiger partial charge in [0.05, 0.1) is 0 Å². The molecule has 0 saturated carbocycles. The van der Waals surface area contributed by atoms with Gasteiger partial charge < -0.3 is 0 Å². The lowest BCUT2D eigenvalue weighted by atomic mass is 10.4. The van der Waals surface area contributed by atoms with Gasteiger partial charge in [-0.2, -0.15) is 0 Å². The number of hydrogen-bond acceptors (Lipinski definition) is 0. The van der Waals surface area contributed by atoms with Crippen LogP contribution in [0.1, 0.15) is 0 Å². The molecule has 4 heteroatoms. The molecule has 0 heterocycles. The SMILES string of the molecule is Pc1cc(P)c(I)cc1P. The molecule has 0 amide bonds. The normalized spacial score (nSPS) is 10.0. The van der Waals surface area contributed by atoms with E-state index in [4.69, 9.17) is 0 Å². The summed E-state index contributed by atoms with van der Waals surface area (Å²) in [5, 5.41) is 3.76. The van der Waals surface area contributed by atoms with Crippen LogP contribution in [-0.2, 0) is 0 Å². The standard InChI is InChI=1S/C6H8IP3/c7-3-1-5(9)6(10)2-4(3)8/h1-2H,8-10H2. The highest BCUT2D eigenvalue weighted by molar-refractivity contribution is 14.1. The summed E-state index contributed by atoms with van der Waals surface area (Å²) < 4.78 is 1.29. The second kappa shape index (κ2) is 3.76. The summed E-state index contributed by atoms with van der Waals surface area (Å²) in [4.78, 5) is 0.